The summed E-state index contributed by atoms with van der Waals surface area (Å²) in [4.78, 5) is 14.3. The van der Waals surface area contributed by atoms with Gasteiger partial charge in [0.25, 0.3) is 5.56 Å². The fraction of sp³-hybridized carbons (Fsp3) is 0.103. The highest BCUT2D eigenvalue weighted by Crippen LogP contribution is 2.40. The van der Waals surface area contributed by atoms with Crippen LogP contribution in [0.15, 0.2) is 77.6 Å². The van der Waals surface area contributed by atoms with E-state index in [-0.39, 0.29) is 11.3 Å². The fourth-order valence-corrected chi connectivity index (χ4v) is 5.51. The van der Waals surface area contributed by atoms with E-state index in [1.165, 1.54) is 17.4 Å². The van der Waals surface area contributed by atoms with Gasteiger partial charge < -0.3 is 4.57 Å². The average molecular weight is 537 g/mol. The van der Waals surface area contributed by atoms with Gasteiger partial charge in [-0.25, -0.2) is 8.78 Å². The summed E-state index contributed by atoms with van der Waals surface area (Å²) >= 11 is 1.17. The first-order valence-electron chi connectivity index (χ1n) is 11.4. The van der Waals surface area contributed by atoms with Gasteiger partial charge in [0.15, 0.2) is 0 Å². The Labute approximate surface area is 217 Å². The molecule has 0 fully saturated rings. The predicted molar refractivity (Wildman–Crippen MR) is 137 cm³/mol. The van der Waals surface area contributed by atoms with Crippen molar-refractivity contribution in [1.29, 1.82) is 5.26 Å². The van der Waals surface area contributed by atoms with Gasteiger partial charge in [-0.2, -0.15) is 18.4 Å². The highest BCUT2D eigenvalue weighted by atomic mass is 32.1. The maximum Gasteiger partial charge on any atom is 0.417 e. The summed E-state index contributed by atoms with van der Waals surface area (Å²) in [5.74, 6) is -1.79. The molecule has 38 heavy (non-hydrogen) atoms. The summed E-state index contributed by atoms with van der Waals surface area (Å²) in [5.41, 5.74) is -1.98. The smallest absolute Gasteiger partial charge is 0.302 e. The number of pyridine rings is 1. The lowest BCUT2D eigenvalue weighted by molar-refractivity contribution is -0.137. The first kappa shape index (κ1) is 25.4. The van der Waals surface area contributed by atoms with E-state index in [0.29, 0.717) is 10.9 Å². The number of benzene rings is 3. The Morgan fingerprint density at radius 1 is 0.921 bits per heavy atom. The van der Waals surface area contributed by atoms with E-state index in [9.17, 15) is 32.0 Å². The van der Waals surface area contributed by atoms with Gasteiger partial charge in [-0.05, 0) is 53.1 Å². The van der Waals surface area contributed by atoms with Crippen LogP contribution < -0.4 is 5.56 Å². The molecule has 0 aliphatic rings. The molecule has 0 radical (unpaired) electrons. The summed E-state index contributed by atoms with van der Waals surface area (Å²) in [7, 11) is 0. The zero-order valence-corrected chi connectivity index (χ0v) is 20.6. The molecule has 0 saturated carbocycles. The Hall–Kier alpha value is -4.29. The van der Waals surface area contributed by atoms with Gasteiger partial charge in [0.1, 0.15) is 23.3 Å². The number of fused-ring (bicyclic) bond motifs is 1. The number of hydrogen-bond acceptors (Lipinski definition) is 3. The molecular formula is C29H17F5N2OS. The highest BCUT2D eigenvalue weighted by molar-refractivity contribution is 7.18. The molecule has 0 amide bonds. The van der Waals surface area contributed by atoms with Crippen molar-refractivity contribution in [2.24, 2.45) is 0 Å². The Morgan fingerprint density at radius 3 is 2.32 bits per heavy atom. The topological polar surface area (TPSA) is 45.8 Å². The molecule has 3 nitrogen and oxygen atoms in total. The molecule has 0 spiro atoms. The van der Waals surface area contributed by atoms with Crippen LogP contribution in [0.5, 0.6) is 0 Å². The number of nitrogens with zero attached hydrogens (tertiary/aromatic N) is 2. The number of rotatable bonds is 4. The zero-order chi connectivity index (χ0) is 27.2. The lowest BCUT2D eigenvalue weighted by Crippen LogP contribution is -2.28. The molecule has 0 aliphatic carbocycles. The van der Waals surface area contributed by atoms with Crippen molar-refractivity contribution < 1.29 is 22.0 Å². The van der Waals surface area contributed by atoms with Crippen molar-refractivity contribution in [2.75, 3.05) is 0 Å². The van der Waals surface area contributed by atoms with Crippen LogP contribution >= 0.6 is 11.3 Å². The third kappa shape index (κ3) is 4.48. The van der Waals surface area contributed by atoms with E-state index >= 15 is 0 Å². The molecule has 9 heteroatoms. The van der Waals surface area contributed by atoms with Crippen molar-refractivity contribution in [3.63, 3.8) is 0 Å². The summed E-state index contributed by atoms with van der Waals surface area (Å²) in [5, 5.41) is 11.4. The standard InChI is InChI=1S/C29H17F5N2OS/c1-16-6-9-21(20-5-3-2-4-19(16)20)26-10-11-27(38-26)25-13-23(29(32,33)34)22(14-35)28(37)36(25)15-17-7-8-18(30)12-24(17)31/h2-13H,15H2,1H3. The van der Waals surface area contributed by atoms with Crippen LogP contribution in [0.3, 0.4) is 0 Å². The number of hydrogen-bond donors (Lipinski definition) is 0. The molecule has 2 aromatic heterocycles. The molecular weight excluding hydrogens is 519 g/mol. The minimum atomic E-state index is -4.97. The van der Waals surface area contributed by atoms with E-state index in [4.69, 9.17) is 0 Å². The minimum Gasteiger partial charge on any atom is -0.302 e. The normalized spacial score (nSPS) is 11.6. The largest absolute Gasteiger partial charge is 0.417 e. The summed E-state index contributed by atoms with van der Waals surface area (Å²) in [6.07, 6.45) is -4.97. The molecule has 5 aromatic rings. The van der Waals surface area contributed by atoms with Crippen LogP contribution in [-0.2, 0) is 12.7 Å². The van der Waals surface area contributed by atoms with Gasteiger partial charge in [-0.3, -0.25) is 4.79 Å². The highest BCUT2D eigenvalue weighted by Gasteiger charge is 2.37. The van der Waals surface area contributed by atoms with Crippen LogP contribution in [0, 0.1) is 29.9 Å². The summed E-state index contributed by atoms with van der Waals surface area (Å²) in [6.45, 7) is 1.49. The van der Waals surface area contributed by atoms with Crippen LogP contribution in [0.1, 0.15) is 22.3 Å². The quantitative estimate of drug-likeness (QED) is 0.219. The Morgan fingerprint density at radius 2 is 1.63 bits per heavy atom. The molecule has 0 saturated heterocycles. The second-order valence-corrected chi connectivity index (χ2v) is 9.78. The van der Waals surface area contributed by atoms with Gasteiger partial charge in [-0.1, -0.05) is 42.5 Å². The lowest BCUT2D eigenvalue weighted by Gasteiger charge is -2.17. The maximum atomic E-state index is 14.5. The van der Waals surface area contributed by atoms with Gasteiger partial charge in [-0.15, -0.1) is 11.3 Å². The molecule has 0 aliphatic heterocycles. The second kappa shape index (κ2) is 9.54. The summed E-state index contributed by atoms with van der Waals surface area (Å²) < 4.78 is 70.4. The van der Waals surface area contributed by atoms with E-state index in [0.717, 1.165) is 49.5 Å². The molecule has 0 N–H and O–H groups in total. The molecule has 5 rings (SSSR count). The number of alkyl halides is 3. The van der Waals surface area contributed by atoms with E-state index in [1.54, 1.807) is 12.1 Å². The molecule has 0 unspecified atom stereocenters. The molecule has 2 heterocycles. The Balaban J connectivity index is 1.73. The first-order valence-corrected chi connectivity index (χ1v) is 12.2. The predicted octanol–water partition coefficient (Wildman–Crippen LogP) is 7.92. The first-order chi connectivity index (χ1) is 18.1. The van der Waals surface area contributed by atoms with Crippen LogP contribution in [-0.4, -0.2) is 4.57 Å². The Bertz CT molecular complexity index is 1810. The SMILES string of the molecule is Cc1ccc(-c2ccc(-c3cc(C(F)(F)F)c(C#N)c(=O)n3Cc3ccc(F)cc3F)s2)c2ccccc12. The third-order valence-corrected chi connectivity index (χ3v) is 7.47. The van der Waals surface area contributed by atoms with Crippen LogP contribution in [0.4, 0.5) is 22.0 Å². The van der Waals surface area contributed by atoms with Gasteiger partial charge >= 0.3 is 6.18 Å². The van der Waals surface area contributed by atoms with E-state index < -0.39 is 41.0 Å². The number of aromatic nitrogens is 1. The molecule has 0 atom stereocenters. The summed E-state index contributed by atoms with van der Waals surface area (Å²) in [6, 6.07) is 19.8. The number of halogens is 5. The maximum absolute atomic E-state index is 14.5. The second-order valence-electron chi connectivity index (χ2n) is 8.69. The lowest BCUT2D eigenvalue weighted by atomic mass is 9.99. The number of aryl methyl sites for hydroxylation is 1. The number of nitriles is 1. The van der Waals surface area contributed by atoms with Crippen molar-refractivity contribution in [3.8, 4) is 27.1 Å². The molecule has 190 valence electrons. The van der Waals surface area contributed by atoms with Crippen molar-refractivity contribution in [3.05, 3.63) is 117 Å². The van der Waals surface area contributed by atoms with Gasteiger partial charge in [0, 0.05) is 16.5 Å². The minimum absolute atomic E-state index is 0.111. The molecule has 0 bridgehead atoms. The van der Waals surface area contributed by atoms with Crippen LogP contribution in [0.25, 0.3) is 31.8 Å². The van der Waals surface area contributed by atoms with Gasteiger partial charge in [0.05, 0.1) is 22.7 Å². The van der Waals surface area contributed by atoms with Gasteiger partial charge in [0.2, 0.25) is 0 Å². The molecule has 3 aromatic carbocycles. The average Bonchev–Trinajstić information content (AvgIpc) is 3.36. The van der Waals surface area contributed by atoms with E-state index in [2.05, 4.69) is 0 Å². The van der Waals surface area contributed by atoms with E-state index in [1.807, 2.05) is 43.3 Å². The van der Waals surface area contributed by atoms with Crippen LogP contribution in [0.2, 0.25) is 0 Å². The van der Waals surface area contributed by atoms with Crippen molar-refractivity contribution in [1.82, 2.24) is 4.57 Å². The van der Waals surface area contributed by atoms with Crippen molar-refractivity contribution >= 4 is 22.1 Å². The fourth-order valence-electron chi connectivity index (χ4n) is 4.44. The zero-order valence-electron chi connectivity index (χ0n) is 19.7. The monoisotopic (exact) mass is 536 g/mol. The Kier molecular flexibility index (Phi) is 6.37. The third-order valence-electron chi connectivity index (χ3n) is 6.33. The number of thiophene rings is 1. The van der Waals surface area contributed by atoms with Crippen molar-refractivity contribution in [2.45, 2.75) is 19.6 Å².